The van der Waals surface area contributed by atoms with Crippen LogP contribution >= 0.6 is 0 Å². The minimum atomic E-state index is -2.40. The predicted molar refractivity (Wildman–Crippen MR) is 38.4 cm³/mol. The molecular weight excluding hydrogens is 148 g/mol. The molecule has 0 aliphatic heterocycles. The molecule has 0 aromatic carbocycles. The van der Waals surface area contributed by atoms with E-state index in [9.17, 15) is 8.78 Å². The molecule has 0 saturated heterocycles. The zero-order chi connectivity index (χ0) is 8.11. The first-order valence-electron chi connectivity index (χ1n) is 4.19. The summed E-state index contributed by atoms with van der Waals surface area (Å²) in [5.41, 5.74) is 5.69. The van der Waals surface area contributed by atoms with E-state index in [0.717, 1.165) is 19.3 Å². The first-order valence-corrected chi connectivity index (χ1v) is 4.19. The molecule has 0 atom stereocenters. The lowest BCUT2D eigenvalue weighted by molar-refractivity contribution is -0.141. The third kappa shape index (κ3) is 1.06. The van der Waals surface area contributed by atoms with Crippen LogP contribution in [0.1, 0.15) is 32.1 Å². The van der Waals surface area contributed by atoms with Gasteiger partial charge in [-0.15, -0.1) is 0 Å². The van der Waals surface area contributed by atoms with Crippen molar-refractivity contribution < 1.29 is 8.78 Å². The minimum Gasteiger partial charge on any atom is -0.325 e. The molecule has 2 fully saturated rings. The van der Waals surface area contributed by atoms with Crippen molar-refractivity contribution in [1.29, 1.82) is 0 Å². The molecule has 2 N–H and O–H groups in total. The van der Waals surface area contributed by atoms with Gasteiger partial charge >= 0.3 is 0 Å². The van der Waals surface area contributed by atoms with Crippen LogP contribution < -0.4 is 5.73 Å². The summed E-state index contributed by atoms with van der Waals surface area (Å²) in [6.07, 6.45) is 3.09. The largest absolute Gasteiger partial charge is 0.325 e. The minimum absolute atomic E-state index is 0.0312. The van der Waals surface area contributed by atoms with Crippen LogP contribution in [0.4, 0.5) is 8.78 Å². The Morgan fingerprint density at radius 2 is 1.73 bits per heavy atom. The molecule has 2 aliphatic carbocycles. The quantitative estimate of drug-likeness (QED) is 0.624. The maximum absolute atomic E-state index is 12.4. The van der Waals surface area contributed by atoms with E-state index in [1.807, 2.05) is 0 Å². The highest BCUT2D eigenvalue weighted by Crippen LogP contribution is 2.52. The Morgan fingerprint density at radius 1 is 1.18 bits per heavy atom. The first kappa shape index (κ1) is 7.47. The van der Waals surface area contributed by atoms with Gasteiger partial charge in [0.25, 0.3) is 0 Å². The highest BCUT2D eigenvalue weighted by atomic mass is 19.3. The van der Waals surface area contributed by atoms with Crippen molar-refractivity contribution in [3.05, 3.63) is 0 Å². The maximum Gasteiger partial charge on any atom is 0.248 e. The highest BCUT2D eigenvalue weighted by Gasteiger charge is 2.55. The fourth-order valence-electron chi connectivity index (χ4n) is 2.06. The second-order valence-corrected chi connectivity index (χ2v) is 4.05. The fraction of sp³-hybridized carbons (Fsp3) is 1.00. The van der Waals surface area contributed by atoms with E-state index in [-0.39, 0.29) is 24.3 Å². The molecule has 0 amide bonds. The molecular formula is C8H13F2N. The molecule has 11 heavy (non-hydrogen) atoms. The number of alkyl halides is 2. The molecule has 0 spiro atoms. The molecule has 0 aromatic heterocycles. The molecule has 2 saturated carbocycles. The van der Waals surface area contributed by atoms with E-state index in [1.54, 1.807) is 0 Å². The van der Waals surface area contributed by atoms with E-state index < -0.39 is 5.92 Å². The summed E-state index contributed by atoms with van der Waals surface area (Å²) >= 11 is 0. The molecule has 0 aromatic rings. The average molecular weight is 161 g/mol. The van der Waals surface area contributed by atoms with Crippen molar-refractivity contribution in [2.75, 3.05) is 0 Å². The van der Waals surface area contributed by atoms with Crippen LogP contribution in [0.3, 0.4) is 0 Å². The van der Waals surface area contributed by atoms with Crippen LogP contribution in [0.5, 0.6) is 0 Å². The Hall–Kier alpha value is -0.180. The Balaban J connectivity index is 1.91. The van der Waals surface area contributed by atoms with Gasteiger partial charge in [-0.3, -0.25) is 0 Å². The van der Waals surface area contributed by atoms with Crippen LogP contribution in [0.25, 0.3) is 0 Å². The third-order valence-electron chi connectivity index (χ3n) is 3.19. The van der Waals surface area contributed by atoms with Gasteiger partial charge in [-0.2, -0.15) is 0 Å². The second-order valence-electron chi connectivity index (χ2n) is 4.05. The molecule has 2 rings (SSSR count). The first-order chi connectivity index (χ1) is 5.02. The van der Waals surface area contributed by atoms with Crippen molar-refractivity contribution in [3.8, 4) is 0 Å². The van der Waals surface area contributed by atoms with Gasteiger partial charge in [-0.1, -0.05) is 0 Å². The van der Waals surface area contributed by atoms with E-state index in [2.05, 4.69) is 0 Å². The van der Waals surface area contributed by atoms with Gasteiger partial charge in [-0.25, -0.2) is 8.78 Å². The molecule has 1 nitrogen and oxygen atoms in total. The van der Waals surface area contributed by atoms with Crippen molar-refractivity contribution in [2.24, 2.45) is 11.7 Å². The van der Waals surface area contributed by atoms with Gasteiger partial charge in [-0.05, 0) is 25.2 Å². The summed E-state index contributed by atoms with van der Waals surface area (Å²) < 4.78 is 24.8. The Bertz CT molecular complexity index is 167. The van der Waals surface area contributed by atoms with Crippen LogP contribution in [0.15, 0.2) is 0 Å². The summed E-state index contributed by atoms with van der Waals surface area (Å²) in [7, 11) is 0. The number of hydrogen-bond acceptors (Lipinski definition) is 1. The molecule has 3 heteroatoms. The Kier molecular flexibility index (Phi) is 1.32. The molecule has 0 radical (unpaired) electrons. The smallest absolute Gasteiger partial charge is 0.248 e. The maximum atomic E-state index is 12.4. The summed E-state index contributed by atoms with van der Waals surface area (Å²) in [6.45, 7) is 0. The third-order valence-corrected chi connectivity index (χ3v) is 3.19. The number of rotatable bonds is 1. The molecule has 0 unspecified atom stereocenters. The monoisotopic (exact) mass is 161 g/mol. The van der Waals surface area contributed by atoms with Crippen LogP contribution in [0, 0.1) is 5.92 Å². The lowest BCUT2D eigenvalue weighted by Gasteiger charge is -2.51. The topological polar surface area (TPSA) is 26.0 Å². The van der Waals surface area contributed by atoms with Gasteiger partial charge in [0, 0.05) is 18.4 Å². The zero-order valence-electron chi connectivity index (χ0n) is 6.45. The van der Waals surface area contributed by atoms with Crippen molar-refractivity contribution in [1.82, 2.24) is 0 Å². The molecule has 64 valence electrons. The van der Waals surface area contributed by atoms with Crippen molar-refractivity contribution >= 4 is 0 Å². The standard InChI is InChI=1S/C8H13F2N/c9-8(10)4-6(5-8)7(11)2-1-3-7/h6H,1-5,11H2. The number of nitrogens with two attached hydrogens (primary N) is 1. The number of hydrogen-bond donors (Lipinski definition) is 1. The van der Waals surface area contributed by atoms with Gasteiger partial charge in [0.05, 0.1) is 0 Å². The second kappa shape index (κ2) is 1.94. The molecule has 0 bridgehead atoms. The summed E-state index contributed by atoms with van der Waals surface area (Å²) in [5, 5.41) is 0. The SMILES string of the molecule is NC1(C2CC(F)(F)C2)CCC1. The highest BCUT2D eigenvalue weighted by molar-refractivity contribution is 5.05. The van der Waals surface area contributed by atoms with Crippen LogP contribution in [0.2, 0.25) is 0 Å². The predicted octanol–water partition coefficient (Wildman–Crippen LogP) is 1.91. The van der Waals surface area contributed by atoms with E-state index >= 15 is 0 Å². The molecule has 0 heterocycles. The molecule has 2 aliphatic rings. The Labute approximate surface area is 65.0 Å². The van der Waals surface area contributed by atoms with Crippen LogP contribution in [-0.4, -0.2) is 11.5 Å². The van der Waals surface area contributed by atoms with E-state index in [1.165, 1.54) is 0 Å². The average Bonchev–Trinajstić information content (AvgIpc) is 1.77. The Morgan fingerprint density at radius 3 is 2.00 bits per heavy atom. The summed E-state index contributed by atoms with van der Waals surface area (Å²) in [6, 6.07) is 0. The van der Waals surface area contributed by atoms with Gasteiger partial charge in [0.15, 0.2) is 0 Å². The number of halogens is 2. The summed E-state index contributed by atoms with van der Waals surface area (Å²) in [4.78, 5) is 0. The van der Waals surface area contributed by atoms with E-state index in [0.29, 0.717) is 0 Å². The van der Waals surface area contributed by atoms with Crippen LogP contribution in [-0.2, 0) is 0 Å². The zero-order valence-corrected chi connectivity index (χ0v) is 6.45. The van der Waals surface area contributed by atoms with Gasteiger partial charge < -0.3 is 5.73 Å². The summed E-state index contributed by atoms with van der Waals surface area (Å²) in [5.74, 6) is -2.29. The van der Waals surface area contributed by atoms with Gasteiger partial charge in [0.2, 0.25) is 5.92 Å². The van der Waals surface area contributed by atoms with E-state index in [4.69, 9.17) is 5.73 Å². The van der Waals surface area contributed by atoms with Gasteiger partial charge in [0.1, 0.15) is 0 Å². The normalized spacial score (nSPS) is 34.1. The fourth-order valence-corrected chi connectivity index (χ4v) is 2.06. The van der Waals surface area contributed by atoms with Crippen molar-refractivity contribution in [2.45, 2.75) is 43.6 Å². The lowest BCUT2D eigenvalue weighted by Crippen LogP contribution is -2.59. The lowest BCUT2D eigenvalue weighted by atomic mass is 9.60. The van der Waals surface area contributed by atoms with Crippen molar-refractivity contribution in [3.63, 3.8) is 0 Å².